The summed E-state index contributed by atoms with van der Waals surface area (Å²) in [6, 6.07) is 3.16. The second-order valence-electron chi connectivity index (χ2n) is 4.71. The lowest BCUT2D eigenvalue weighted by atomic mass is 10.2. The average molecular weight is 292 g/mol. The lowest BCUT2D eigenvalue weighted by molar-refractivity contribution is 0.102. The first kappa shape index (κ1) is 13.5. The SMILES string of the molecule is O=C(Nc1nnc(C2CCCN2)o1)c1ccc(O)cc1F. The van der Waals surface area contributed by atoms with Gasteiger partial charge in [-0.05, 0) is 31.5 Å². The second kappa shape index (κ2) is 5.49. The first-order chi connectivity index (χ1) is 10.1. The number of aromatic hydroxyl groups is 1. The van der Waals surface area contributed by atoms with Crippen LogP contribution >= 0.6 is 0 Å². The summed E-state index contributed by atoms with van der Waals surface area (Å²) in [5, 5.41) is 22.2. The van der Waals surface area contributed by atoms with Gasteiger partial charge in [0.2, 0.25) is 5.89 Å². The summed E-state index contributed by atoms with van der Waals surface area (Å²) in [5.41, 5.74) is -0.216. The number of nitrogens with zero attached hydrogens (tertiary/aromatic N) is 2. The van der Waals surface area contributed by atoms with Crippen LogP contribution in [0.1, 0.15) is 35.1 Å². The van der Waals surface area contributed by atoms with Gasteiger partial charge in [-0.3, -0.25) is 10.1 Å². The molecule has 21 heavy (non-hydrogen) atoms. The van der Waals surface area contributed by atoms with Crippen LogP contribution in [0.2, 0.25) is 0 Å². The van der Waals surface area contributed by atoms with E-state index in [1.54, 1.807) is 0 Å². The molecule has 1 unspecified atom stereocenters. The number of benzene rings is 1. The molecule has 0 aliphatic carbocycles. The highest BCUT2D eigenvalue weighted by molar-refractivity contribution is 6.03. The Labute approximate surface area is 119 Å². The Morgan fingerprint density at radius 2 is 2.33 bits per heavy atom. The van der Waals surface area contributed by atoms with E-state index < -0.39 is 11.7 Å². The van der Waals surface area contributed by atoms with Crippen molar-refractivity contribution in [1.29, 1.82) is 0 Å². The van der Waals surface area contributed by atoms with Gasteiger partial charge in [-0.2, -0.15) is 0 Å². The Morgan fingerprint density at radius 1 is 1.48 bits per heavy atom. The van der Waals surface area contributed by atoms with Gasteiger partial charge in [0.1, 0.15) is 11.6 Å². The number of carbonyl (C=O) groups is 1. The van der Waals surface area contributed by atoms with Gasteiger partial charge in [0.05, 0.1) is 11.6 Å². The predicted octanol–water partition coefficient (Wildman–Crippen LogP) is 1.59. The maximum atomic E-state index is 13.6. The van der Waals surface area contributed by atoms with Crippen molar-refractivity contribution in [2.24, 2.45) is 0 Å². The van der Waals surface area contributed by atoms with E-state index in [9.17, 15) is 9.18 Å². The monoisotopic (exact) mass is 292 g/mol. The molecule has 1 fully saturated rings. The van der Waals surface area contributed by atoms with Crippen LogP contribution in [0.5, 0.6) is 5.75 Å². The molecule has 1 aliphatic heterocycles. The van der Waals surface area contributed by atoms with Crippen molar-refractivity contribution in [3.8, 4) is 5.75 Å². The van der Waals surface area contributed by atoms with Gasteiger partial charge < -0.3 is 14.8 Å². The molecule has 3 N–H and O–H groups in total. The Balaban J connectivity index is 1.72. The van der Waals surface area contributed by atoms with Crippen LogP contribution in [0.3, 0.4) is 0 Å². The zero-order chi connectivity index (χ0) is 14.8. The molecule has 3 rings (SSSR count). The van der Waals surface area contributed by atoms with Crippen LogP contribution in [0.15, 0.2) is 22.6 Å². The van der Waals surface area contributed by atoms with E-state index in [1.807, 2.05) is 0 Å². The van der Waals surface area contributed by atoms with Gasteiger partial charge in [-0.15, -0.1) is 5.10 Å². The normalized spacial score (nSPS) is 17.9. The van der Waals surface area contributed by atoms with Crippen LogP contribution in [0, 0.1) is 5.82 Å². The number of aromatic nitrogens is 2. The molecule has 1 atom stereocenters. The van der Waals surface area contributed by atoms with E-state index in [4.69, 9.17) is 9.52 Å². The van der Waals surface area contributed by atoms with Gasteiger partial charge in [0, 0.05) is 6.07 Å². The van der Waals surface area contributed by atoms with Crippen molar-refractivity contribution >= 4 is 11.9 Å². The number of phenolic OH excluding ortho intramolecular Hbond substituents is 1. The van der Waals surface area contributed by atoms with Gasteiger partial charge in [-0.25, -0.2) is 4.39 Å². The molecule has 110 valence electrons. The Morgan fingerprint density at radius 3 is 3.05 bits per heavy atom. The van der Waals surface area contributed by atoms with E-state index in [0.29, 0.717) is 5.89 Å². The molecule has 1 saturated heterocycles. The minimum atomic E-state index is -0.829. The second-order valence-corrected chi connectivity index (χ2v) is 4.71. The van der Waals surface area contributed by atoms with Crippen molar-refractivity contribution < 1.29 is 18.7 Å². The highest BCUT2D eigenvalue weighted by Crippen LogP contribution is 2.23. The molecule has 1 aromatic carbocycles. The quantitative estimate of drug-likeness (QED) is 0.794. The molecule has 0 radical (unpaired) electrons. The van der Waals surface area contributed by atoms with Crippen molar-refractivity contribution in [3.05, 3.63) is 35.5 Å². The predicted molar refractivity (Wildman–Crippen MR) is 70.3 cm³/mol. The number of carbonyl (C=O) groups excluding carboxylic acids is 1. The van der Waals surface area contributed by atoms with Gasteiger partial charge in [0.25, 0.3) is 5.91 Å². The molecule has 2 heterocycles. The van der Waals surface area contributed by atoms with Crippen molar-refractivity contribution in [2.45, 2.75) is 18.9 Å². The fraction of sp³-hybridized carbons (Fsp3) is 0.308. The van der Waals surface area contributed by atoms with Crippen molar-refractivity contribution in [3.63, 3.8) is 0 Å². The smallest absolute Gasteiger partial charge is 0.322 e. The largest absolute Gasteiger partial charge is 0.508 e. The summed E-state index contributed by atoms with van der Waals surface area (Å²) < 4.78 is 18.9. The number of hydrogen-bond donors (Lipinski definition) is 3. The van der Waals surface area contributed by atoms with Gasteiger partial charge >= 0.3 is 6.01 Å². The maximum Gasteiger partial charge on any atom is 0.322 e. The summed E-state index contributed by atoms with van der Waals surface area (Å²) in [7, 11) is 0. The number of halogens is 1. The molecule has 1 aliphatic rings. The molecule has 8 heteroatoms. The number of hydrogen-bond acceptors (Lipinski definition) is 6. The number of amides is 1. The Hall–Kier alpha value is -2.48. The third-order valence-electron chi connectivity index (χ3n) is 3.22. The first-order valence-corrected chi connectivity index (χ1v) is 6.50. The highest BCUT2D eigenvalue weighted by atomic mass is 19.1. The molecule has 0 spiro atoms. The standard InChI is InChI=1S/C13H13FN4O3/c14-9-6-7(19)3-4-8(9)11(20)16-13-18-17-12(21-13)10-2-1-5-15-10/h3-4,6,10,15,19H,1-2,5H2,(H,16,18,20). The summed E-state index contributed by atoms with van der Waals surface area (Å²) in [5.74, 6) is -1.41. The fourth-order valence-corrected chi connectivity index (χ4v) is 2.17. The number of rotatable bonds is 3. The lowest BCUT2D eigenvalue weighted by Crippen LogP contribution is -2.14. The van der Waals surface area contributed by atoms with Gasteiger partial charge in [-0.1, -0.05) is 5.10 Å². The van der Waals surface area contributed by atoms with Crippen molar-refractivity contribution in [2.75, 3.05) is 11.9 Å². The molecule has 1 amide bonds. The van der Waals surface area contributed by atoms with Crippen LogP contribution in [-0.4, -0.2) is 27.8 Å². The van der Waals surface area contributed by atoms with Crippen LogP contribution in [0.4, 0.5) is 10.4 Å². The van der Waals surface area contributed by atoms with E-state index in [1.165, 1.54) is 12.1 Å². The van der Waals surface area contributed by atoms with E-state index in [0.717, 1.165) is 25.5 Å². The lowest BCUT2D eigenvalue weighted by Gasteiger charge is -2.04. The molecule has 7 nitrogen and oxygen atoms in total. The number of phenols is 1. The molecule has 1 aromatic heterocycles. The summed E-state index contributed by atoms with van der Waals surface area (Å²) >= 11 is 0. The Kier molecular flexibility index (Phi) is 3.53. The maximum absolute atomic E-state index is 13.6. The van der Waals surface area contributed by atoms with E-state index in [-0.39, 0.29) is 23.4 Å². The van der Waals surface area contributed by atoms with Crippen LogP contribution < -0.4 is 10.6 Å². The molecular weight excluding hydrogens is 279 g/mol. The molecule has 0 bridgehead atoms. The summed E-state index contributed by atoms with van der Waals surface area (Å²) in [6.45, 7) is 0.882. The minimum absolute atomic E-state index is 0.00596. The van der Waals surface area contributed by atoms with E-state index in [2.05, 4.69) is 20.8 Å². The summed E-state index contributed by atoms with van der Waals surface area (Å²) in [6.07, 6.45) is 1.91. The van der Waals surface area contributed by atoms with Crippen molar-refractivity contribution in [1.82, 2.24) is 15.5 Å². The van der Waals surface area contributed by atoms with E-state index >= 15 is 0 Å². The van der Waals surface area contributed by atoms with Gasteiger partial charge in [0.15, 0.2) is 0 Å². The van der Waals surface area contributed by atoms with Crippen LogP contribution in [0.25, 0.3) is 0 Å². The first-order valence-electron chi connectivity index (χ1n) is 6.50. The average Bonchev–Trinajstić information content (AvgIpc) is 3.08. The Bertz CT molecular complexity index is 667. The zero-order valence-corrected chi connectivity index (χ0v) is 11.0. The molecule has 0 saturated carbocycles. The third-order valence-corrected chi connectivity index (χ3v) is 3.22. The highest BCUT2D eigenvalue weighted by Gasteiger charge is 2.23. The fourth-order valence-electron chi connectivity index (χ4n) is 2.17. The number of nitrogens with one attached hydrogen (secondary N) is 2. The topological polar surface area (TPSA) is 100 Å². The minimum Gasteiger partial charge on any atom is -0.508 e. The number of anilines is 1. The summed E-state index contributed by atoms with van der Waals surface area (Å²) in [4.78, 5) is 11.9. The molecular formula is C13H13FN4O3. The molecule has 2 aromatic rings. The van der Waals surface area contributed by atoms with Crippen LogP contribution in [-0.2, 0) is 0 Å². The zero-order valence-electron chi connectivity index (χ0n) is 11.0. The third kappa shape index (κ3) is 2.84.